The zero-order valence-electron chi connectivity index (χ0n) is 14.4. The highest BCUT2D eigenvalue weighted by Gasteiger charge is 2.05. The summed E-state index contributed by atoms with van der Waals surface area (Å²) in [5.41, 5.74) is 2.74. The molecule has 0 saturated carbocycles. The van der Waals surface area contributed by atoms with Crippen molar-refractivity contribution in [2.45, 2.75) is 38.5 Å². The molecule has 25 heavy (non-hydrogen) atoms. The number of ketones is 1. The van der Waals surface area contributed by atoms with Crippen molar-refractivity contribution in [2.75, 3.05) is 11.9 Å². The molecule has 2 aromatic rings. The van der Waals surface area contributed by atoms with Crippen molar-refractivity contribution in [3.63, 3.8) is 0 Å². The third-order valence-corrected chi connectivity index (χ3v) is 4.08. The van der Waals surface area contributed by atoms with Gasteiger partial charge in [-0.15, -0.1) is 0 Å². The van der Waals surface area contributed by atoms with Crippen molar-refractivity contribution in [3.05, 3.63) is 65.7 Å². The van der Waals surface area contributed by atoms with Gasteiger partial charge < -0.3 is 15.2 Å². The fourth-order valence-electron chi connectivity index (χ4n) is 2.69. The molecule has 4 heteroatoms. The molecule has 0 heterocycles. The highest BCUT2D eigenvalue weighted by molar-refractivity contribution is 6.05. The van der Waals surface area contributed by atoms with Gasteiger partial charge in [0.05, 0.1) is 6.42 Å². The maximum Gasteiger partial charge on any atom is 0.168 e. The number of hydrogen-bond donors (Lipinski definition) is 1. The number of rotatable bonds is 11. The van der Waals surface area contributed by atoms with Crippen molar-refractivity contribution < 1.29 is 14.7 Å². The summed E-state index contributed by atoms with van der Waals surface area (Å²) in [7, 11) is 0. The van der Waals surface area contributed by atoms with E-state index >= 15 is 0 Å². The highest BCUT2D eigenvalue weighted by Crippen LogP contribution is 2.12. The van der Waals surface area contributed by atoms with Gasteiger partial charge in [0.1, 0.15) is 0 Å². The number of aliphatic carboxylic acids is 1. The van der Waals surface area contributed by atoms with E-state index in [0.29, 0.717) is 5.56 Å². The monoisotopic (exact) mass is 338 g/mol. The fourth-order valence-corrected chi connectivity index (χ4v) is 2.69. The highest BCUT2D eigenvalue weighted by atomic mass is 16.4. The molecule has 0 bridgehead atoms. The minimum Gasteiger partial charge on any atom is -0.550 e. The maximum atomic E-state index is 11.6. The summed E-state index contributed by atoms with van der Waals surface area (Å²) in [6.45, 7) is 0.887. The summed E-state index contributed by atoms with van der Waals surface area (Å²) >= 11 is 0. The Morgan fingerprint density at radius 2 is 1.52 bits per heavy atom. The van der Waals surface area contributed by atoms with Crippen LogP contribution in [0.3, 0.4) is 0 Å². The van der Waals surface area contributed by atoms with Crippen molar-refractivity contribution in [2.24, 2.45) is 0 Å². The van der Waals surface area contributed by atoms with Crippen molar-refractivity contribution in [3.8, 4) is 0 Å². The van der Waals surface area contributed by atoms with Gasteiger partial charge in [-0.2, -0.15) is 0 Å². The maximum absolute atomic E-state index is 11.6. The molecule has 0 aromatic heterocycles. The van der Waals surface area contributed by atoms with Gasteiger partial charge in [0, 0.05) is 23.8 Å². The summed E-state index contributed by atoms with van der Waals surface area (Å²) in [4.78, 5) is 22.0. The number of carbonyl (C=O) groups is 2. The molecule has 2 aromatic carbocycles. The Hall–Kier alpha value is -2.62. The first kappa shape index (κ1) is 18.7. The molecular formula is C21H24NO3-. The third kappa shape index (κ3) is 7.21. The zero-order chi connectivity index (χ0) is 17.9. The summed E-state index contributed by atoms with van der Waals surface area (Å²) in [5, 5.41) is 13.8. The van der Waals surface area contributed by atoms with Gasteiger partial charge in [-0.3, -0.25) is 4.79 Å². The van der Waals surface area contributed by atoms with E-state index in [0.717, 1.165) is 25.1 Å². The molecule has 0 atom stereocenters. The van der Waals surface area contributed by atoms with E-state index in [9.17, 15) is 14.7 Å². The largest absolute Gasteiger partial charge is 0.550 e. The van der Waals surface area contributed by atoms with Crippen LogP contribution in [0.1, 0.15) is 48.0 Å². The average molecular weight is 338 g/mol. The lowest BCUT2D eigenvalue weighted by Crippen LogP contribution is -2.25. The van der Waals surface area contributed by atoms with E-state index in [4.69, 9.17) is 0 Å². The Balaban J connectivity index is 1.58. The normalized spacial score (nSPS) is 10.4. The lowest BCUT2D eigenvalue weighted by Gasteiger charge is -2.08. The van der Waals surface area contributed by atoms with E-state index in [1.807, 2.05) is 6.07 Å². The summed E-state index contributed by atoms with van der Waals surface area (Å²) in [6, 6.07) is 17.4. The molecule has 0 radical (unpaired) electrons. The van der Waals surface area contributed by atoms with Crippen LogP contribution in [0.15, 0.2) is 54.6 Å². The molecule has 0 fully saturated rings. The predicted molar refractivity (Wildman–Crippen MR) is 97.5 cm³/mol. The number of carbonyl (C=O) groups excluding carboxylic acids is 2. The van der Waals surface area contributed by atoms with E-state index in [2.05, 4.69) is 29.6 Å². The number of aryl methyl sites for hydroxylation is 1. The number of unbranched alkanes of at least 4 members (excludes halogenated alkanes) is 3. The first-order valence-electron chi connectivity index (χ1n) is 8.76. The molecule has 0 saturated heterocycles. The third-order valence-electron chi connectivity index (χ3n) is 4.08. The molecule has 2 rings (SSSR count). The molecule has 0 unspecified atom stereocenters. The summed E-state index contributed by atoms with van der Waals surface area (Å²) in [6.07, 6.45) is 5.26. The molecule has 0 amide bonds. The van der Waals surface area contributed by atoms with Gasteiger partial charge in [-0.25, -0.2) is 0 Å². The molecule has 0 aliphatic rings. The van der Waals surface area contributed by atoms with Crippen LogP contribution < -0.4 is 10.4 Å². The number of nitrogens with one attached hydrogen (secondary N) is 1. The van der Waals surface area contributed by atoms with Gasteiger partial charge in [-0.1, -0.05) is 43.2 Å². The number of hydrogen-bond acceptors (Lipinski definition) is 4. The predicted octanol–water partition coefficient (Wildman–Crippen LogP) is 3.22. The fraction of sp³-hybridized carbons (Fsp3) is 0.333. The zero-order valence-corrected chi connectivity index (χ0v) is 14.4. The van der Waals surface area contributed by atoms with E-state index in [-0.39, 0.29) is 0 Å². The quantitative estimate of drug-likeness (QED) is 0.388. The van der Waals surface area contributed by atoms with E-state index in [1.54, 1.807) is 24.3 Å². The van der Waals surface area contributed by atoms with Crippen molar-refractivity contribution >= 4 is 17.4 Å². The van der Waals surface area contributed by atoms with Crippen LogP contribution in [0.25, 0.3) is 0 Å². The topological polar surface area (TPSA) is 69.2 Å². The second-order valence-corrected chi connectivity index (χ2v) is 6.13. The Morgan fingerprint density at radius 1 is 0.840 bits per heavy atom. The lowest BCUT2D eigenvalue weighted by molar-refractivity contribution is -0.304. The minimum absolute atomic E-state index is 0.399. The Kier molecular flexibility index (Phi) is 7.70. The van der Waals surface area contributed by atoms with Gasteiger partial charge in [0.15, 0.2) is 5.78 Å². The van der Waals surface area contributed by atoms with Gasteiger partial charge >= 0.3 is 0 Å². The lowest BCUT2D eigenvalue weighted by atomic mass is 10.1. The first-order chi connectivity index (χ1) is 12.1. The molecular weight excluding hydrogens is 314 g/mol. The number of anilines is 1. The number of carboxylic acids is 1. The van der Waals surface area contributed by atoms with Crippen LogP contribution in [0.2, 0.25) is 0 Å². The second kappa shape index (κ2) is 10.3. The number of benzene rings is 2. The summed E-state index contributed by atoms with van der Waals surface area (Å²) < 4.78 is 0. The van der Waals surface area contributed by atoms with Gasteiger partial charge in [-0.05, 0) is 49.1 Å². The minimum atomic E-state index is -1.35. The van der Waals surface area contributed by atoms with Crippen molar-refractivity contribution in [1.82, 2.24) is 0 Å². The Labute approximate surface area is 148 Å². The number of carboxylic acid groups (broad SMARTS) is 1. The van der Waals surface area contributed by atoms with Crippen LogP contribution >= 0.6 is 0 Å². The number of Topliss-reactive ketones (excluding diaryl/α,β-unsaturated/α-hetero) is 1. The van der Waals surface area contributed by atoms with Crippen LogP contribution in [0.4, 0.5) is 5.69 Å². The summed E-state index contributed by atoms with van der Waals surface area (Å²) in [5.74, 6) is -1.77. The van der Waals surface area contributed by atoms with Crippen LogP contribution in [-0.4, -0.2) is 18.3 Å². The van der Waals surface area contributed by atoms with Crippen LogP contribution in [-0.2, 0) is 11.2 Å². The van der Waals surface area contributed by atoms with Crippen LogP contribution in [0, 0.1) is 0 Å². The van der Waals surface area contributed by atoms with E-state index in [1.165, 1.54) is 24.8 Å². The first-order valence-corrected chi connectivity index (χ1v) is 8.76. The second-order valence-electron chi connectivity index (χ2n) is 6.13. The van der Waals surface area contributed by atoms with Gasteiger partial charge in [0.25, 0.3) is 0 Å². The molecule has 132 valence electrons. The SMILES string of the molecule is O=C([O-])CC(=O)c1ccc(NCCCCCCc2ccccc2)cc1. The standard InChI is InChI=1S/C21H25NO3/c23-20(16-21(24)25)18-11-13-19(14-12-18)22-15-7-2-1-4-8-17-9-5-3-6-10-17/h3,5-6,9-14,22H,1-2,4,7-8,15-16H2,(H,24,25)/p-1. The van der Waals surface area contributed by atoms with E-state index < -0.39 is 18.2 Å². The van der Waals surface area contributed by atoms with Crippen molar-refractivity contribution in [1.29, 1.82) is 0 Å². The molecule has 4 nitrogen and oxygen atoms in total. The molecule has 0 spiro atoms. The van der Waals surface area contributed by atoms with Gasteiger partial charge in [0.2, 0.25) is 0 Å². The molecule has 0 aliphatic heterocycles. The van der Waals surface area contributed by atoms with Crippen LogP contribution in [0.5, 0.6) is 0 Å². The molecule has 0 aliphatic carbocycles. The average Bonchev–Trinajstić information content (AvgIpc) is 2.61. The Morgan fingerprint density at radius 3 is 2.20 bits per heavy atom. The smallest absolute Gasteiger partial charge is 0.168 e. The molecule has 1 N–H and O–H groups in total. The Bertz CT molecular complexity index is 665.